The van der Waals surface area contributed by atoms with E-state index >= 15 is 0 Å². The van der Waals surface area contributed by atoms with Gasteiger partial charge in [-0.25, -0.2) is 14.6 Å². The van der Waals surface area contributed by atoms with E-state index in [1.54, 1.807) is 35.1 Å². The van der Waals surface area contributed by atoms with Gasteiger partial charge in [0.25, 0.3) is 5.91 Å². The number of pyridine rings is 1. The maximum absolute atomic E-state index is 12.8. The molecule has 0 aliphatic heterocycles. The van der Waals surface area contributed by atoms with Gasteiger partial charge in [-0.15, -0.1) is 0 Å². The summed E-state index contributed by atoms with van der Waals surface area (Å²) in [7, 11) is 1.92. The first-order valence-corrected chi connectivity index (χ1v) is 10.4. The molecule has 1 amide bonds. The van der Waals surface area contributed by atoms with Crippen LogP contribution < -0.4 is 5.32 Å². The number of carbonyl (C=O) groups excluding carboxylic acids is 1. The standard InChI is InChI=1S/C21H19ClN6OS/c1-13-10-14(2)28(26-13)19-7-4-15(12-24-19)20(29)25-17-11-16(22)5-6-18(17)30-21-23-8-9-27(21)3/h4-12H,1-3H3,(H,25,29). The van der Waals surface area contributed by atoms with E-state index in [1.165, 1.54) is 18.0 Å². The Balaban J connectivity index is 1.56. The van der Waals surface area contributed by atoms with E-state index in [4.69, 9.17) is 11.6 Å². The summed E-state index contributed by atoms with van der Waals surface area (Å²) in [5.41, 5.74) is 2.94. The van der Waals surface area contributed by atoms with E-state index in [1.807, 2.05) is 43.8 Å². The van der Waals surface area contributed by atoms with Gasteiger partial charge in [-0.05, 0) is 62.0 Å². The molecule has 3 heterocycles. The van der Waals surface area contributed by atoms with E-state index in [2.05, 4.69) is 20.4 Å². The molecule has 0 aliphatic rings. The van der Waals surface area contributed by atoms with Gasteiger partial charge in [0.1, 0.15) is 0 Å². The van der Waals surface area contributed by atoms with Gasteiger partial charge in [0, 0.05) is 41.3 Å². The van der Waals surface area contributed by atoms with Crippen LogP contribution in [0.3, 0.4) is 0 Å². The summed E-state index contributed by atoms with van der Waals surface area (Å²) in [5.74, 6) is 0.386. The highest BCUT2D eigenvalue weighted by molar-refractivity contribution is 7.99. The molecule has 4 rings (SSSR count). The number of rotatable bonds is 5. The lowest BCUT2D eigenvalue weighted by Crippen LogP contribution is -2.13. The number of benzene rings is 1. The van der Waals surface area contributed by atoms with E-state index in [-0.39, 0.29) is 5.91 Å². The Morgan fingerprint density at radius 1 is 1.13 bits per heavy atom. The molecule has 1 aromatic carbocycles. The number of halogens is 1. The molecule has 9 heteroatoms. The molecule has 0 atom stereocenters. The maximum atomic E-state index is 12.8. The van der Waals surface area contributed by atoms with Gasteiger partial charge in [0.15, 0.2) is 11.0 Å². The fraction of sp³-hybridized carbons (Fsp3) is 0.143. The Hall–Kier alpha value is -3.10. The van der Waals surface area contributed by atoms with E-state index in [0.717, 1.165) is 21.4 Å². The molecule has 0 spiro atoms. The predicted octanol–water partition coefficient (Wildman–Crippen LogP) is 4.67. The van der Waals surface area contributed by atoms with Crippen molar-refractivity contribution in [3.63, 3.8) is 0 Å². The third kappa shape index (κ3) is 4.24. The van der Waals surface area contributed by atoms with Crippen LogP contribution in [0.1, 0.15) is 21.7 Å². The first-order chi connectivity index (χ1) is 14.4. The fourth-order valence-electron chi connectivity index (χ4n) is 2.94. The van der Waals surface area contributed by atoms with Crippen molar-refractivity contribution in [3.05, 3.63) is 77.0 Å². The molecule has 152 valence electrons. The van der Waals surface area contributed by atoms with Gasteiger partial charge in [0.2, 0.25) is 0 Å². The van der Waals surface area contributed by atoms with Crippen LogP contribution >= 0.6 is 23.4 Å². The van der Waals surface area contributed by atoms with Crippen LogP contribution in [0, 0.1) is 13.8 Å². The predicted molar refractivity (Wildman–Crippen MR) is 118 cm³/mol. The number of nitrogens with one attached hydrogen (secondary N) is 1. The zero-order valence-electron chi connectivity index (χ0n) is 16.6. The maximum Gasteiger partial charge on any atom is 0.257 e. The number of carbonyl (C=O) groups is 1. The van der Waals surface area contributed by atoms with Crippen LogP contribution in [0.15, 0.2) is 65.0 Å². The van der Waals surface area contributed by atoms with Gasteiger partial charge >= 0.3 is 0 Å². The van der Waals surface area contributed by atoms with Crippen molar-refractivity contribution in [1.82, 2.24) is 24.3 Å². The molecule has 4 aromatic rings. The first-order valence-electron chi connectivity index (χ1n) is 9.16. The summed E-state index contributed by atoms with van der Waals surface area (Å²) in [4.78, 5) is 22.4. The minimum atomic E-state index is -0.272. The SMILES string of the molecule is Cc1cc(C)n(-c2ccc(C(=O)Nc3cc(Cl)ccc3Sc3nccn3C)cn2)n1. The van der Waals surface area contributed by atoms with Crippen molar-refractivity contribution < 1.29 is 4.79 Å². The number of aromatic nitrogens is 5. The molecule has 0 saturated heterocycles. The van der Waals surface area contributed by atoms with Crippen molar-refractivity contribution >= 4 is 35.0 Å². The van der Waals surface area contributed by atoms with Crippen molar-refractivity contribution in [2.45, 2.75) is 23.9 Å². The number of aryl methyl sites for hydroxylation is 3. The average molecular weight is 439 g/mol. The minimum Gasteiger partial charge on any atom is -0.329 e. The van der Waals surface area contributed by atoms with Gasteiger partial charge in [-0.2, -0.15) is 5.10 Å². The summed E-state index contributed by atoms with van der Waals surface area (Å²) in [6.45, 7) is 3.89. The van der Waals surface area contributed by atoms with Gasteiger partial charge in [-0.3, -0.25) is 4.79 Å². The highest BCUT2D eigenvalue weighted by atomic mass is 35.5. The number of nitrogens with zero attached hydrogens (tertiary/aromatic N) is 5. The molecular weight excluding hydrogens is 420 g/mol. The first kappa shape index (κ1) is 20.2. The van der Waals surface area contributed by atoms with Gasteiger partial charge in [-0.1, -0.05) is 11.6 Å². The minimum absolute atomic E-state index is 0.272. The lowest BCUT2D eigenvalue weighted by Gasteiger charge is -2.12. The Bertz CT molecular complexity index is 1210. The number of amides is 1. The van der Waals surface area contributed by atoms with Crippen LogP contribution in [0.4, 0.5) is 5.69 Å². The number of hydrogen-bond acceptors (Lipinski definition) is 5. The third-order valence-corrected chi connectivity index (χ3v) is 5.79. The van der Waals surface area contributed by atoms with Crippen LogP contribution in [0.5, 0.6) is 0 Å². The molecular formula is C21H19ClN6OS. The Morgan fingerprint density at radius 3 is 2.60 bits per heavy atom. The zero-order valence-corrected chi connectivity index (χ0v) is 18.2. The number of anilines is 1. The second-order valence-electron chi connectivity index (χ2n) is 6.76. The van der Waals surface area contributed by atoms with Crippen LogP contribution in [0.2, 0.25) is 5.02 Å². The molecule has 0 fully saturated rings. The summed E-state index contributed by atoms with van der Waals surface area (Å²) >= 11 is 7.61. The van der Waals surface area contributed by atoms with Crippen LogP contribution in [-0.4, -0.2) is 30.2 Å². The molecule has 7 nitrogen and oxygen atoms in total. The molecule has 0 bridgehead atoms. The molecule has 0 aliphatic carbocycles. The monoisotopic (exact) mass is 438 g/mol. The molecule has 0 saturated carbocycles. The summed E-state index contributed by atoms with van der Waals surface area (Å²) in [5, 5.41) is 8.69. The van der Waals surface area contributed by atoms with Crippen molar-refractivity contribution in [2.75, 3.05) is 5.32 Å². The van der Waals surface area contributed by atoms with Crippen LogP contribution in [0.25, 0.3) is 5.82 Å². The normalized spacial score (nSPS) is 10.9. The summed E-state index contributed by atoms with van der Waals surface area (Å²) < 4.78 is 3.65. The molecule has 0 unspecified atom stereocenters. The lowest BCUT2D eigenvalue weighted by atomic mass is 10.2. The van der Waals surface area contributed by atoms with E-state index in [0.29, 0.717) is 22.1 Å². The number of imidazole rings is 1. The second kappa shape index (κ2) is 8.33. The highest BCUT2D eigenvalue weighted by Gasteiger charge is 2.14. The third-order valence-electron chi connectivity index (χ3n) is 4.40. The molecule has 0 radical (unpaired) electrons. The topological polar surface area (TPSA) is 77.6 Å². The molecule has 30 heavy (non-hydrogen) atoms. The van der Waals surface area contributed by atoms with Crippen molar-refractivity contribution in [2.24, 2.45) is 7.05 Å². The zero-order chi connectivity index (χ0) is 21.3. The Labute approximate surface area is 183 Å². The highest BCUT2D eigenvalue weighted by Crippen LogP contribution is 2.34. The smallest absolute Gasteiger partial charge is 0.257 e. The lowest BCUT2D eigenvalue weighted by molar-refractivity contribution is 0.102. The van der Waals surface area contributed by atoms with Crippen LogP contribution in [-0.2, 0) is 7.05 Å². The average Bonchev–Trinajstić information content (AvgIpc) is 3.28. The number of hydrogen-bond donors (Lipinski definition) is 1. The Kier molecular flexibility index (Phi) is 5.61. The summed E-state index contributed by atoms with van der Waals surface area (Å²) in [6.07, 6.45) is 5.14. The van der Waals surface area contributed by atoms with Crippen molar-refractivity contribution in [3.8, 4) is 5.82 Å². The van der Waals surface area contributed by atoms with E-state index in [9.17, 15) is 4.79 Å². The second-order valence-corrected chi connectivity index (χ2v) is 8.21. The van der Waals surface area contributed by atoms with Crippen molar-refractivity contribution in [1.29, 1.82) is 0 Å². The summed E-state index contributed by atoms with van der Waals surface area (Å²) in [6, 6.07) is 10.8. The Morgan fingerprint density at radius 2 is 1.97 bits per heavy atom. The quantitative estimate of drug-likeness (QED) is 0.489. The van der Waals surface area contributed by atoms with E-state index < -0.39 is 0 Å². The van der Waals surface area contributed by atoms with Gasteiger partial charge in [0.05, 0.1) is 16.9 Å². The van der Waals surface area contributed by atoms with Gasteiger partial charge < -0.3 is 9.88 Å². The molecule has 3 aromatic heterocycles. The fourth-order valence-corrected chi connectivity index (χ4v) is 3.98. The molecule has 1 N–H and O–H groups in total. The largest absolute Gasteiger partial charge is 0.329 e.